The molecule has 0 bridgehead atoms. The minimum atomic E-state index is 0.892. The van der Waals surface area contributed by atoms with Crippen molar-refractivity contribution in [1.82, 2.24) is 0 Å². The zero-order valence-corrected chi connectivity index (χ0v) is 13.1. The van der Waals surface area contributed by atoms with Crippen molar-refractivity contribution >= 4 is 17.0 Å². The molecule has 2 aromatic rings. The zero-order chi connectivity index (χ0) is 15.5. The van der Waals surface area contributed by atoms with Gasteiger partial charge in [0.05, 0.1) is 5.71 Å². The molecule has 1 heterocycles. The Morgan fingerprint density at radius 1 is 1.00 bits per heavy atom. The quantitative estimate of drug-likeness (QED) is 0.815. The van der Waals surface area contributed by atoms with Gasteiger partial charge in [-0.1, -0.05) is 49.0 Å². The highest BCUT2D eigenvalue weighted by Crippen LogP contribution is 2.31. The fourth-order valence-corrected chi connectivity index (χ4v) is 2.71. The summed E-state index contributed by atoms with van der Waals surface area (Å²) in [6.07, 6.45) is 0.892. The third-order valence-corrected chi connectivity index (χ3v) is 3.78. The van der Waals surface area contributed by atoms with Gasteiger partial charge in [0, 0.05) is 23.5 Å². The molecule has 1 N–H and O–H groups in total. The van der Waals surface area contributed by atoms with Crippen LogP contribution in [0, 0.1) is 0 Å². The van der Waals surface area contributed by atoms with E-state index < -0.39 is 0 Å². The molecule has 0 radical (unpaired) electrons. The lowest BCUT2D eigenvalue weighted by Crippen LogP contribution is -1.98. The van der Waals surface area contributed by atoms with Gasteiger partial charge in [0.2, 0.25) is 0 Å². The van der Waals surface area contributed by atoms with Crippen molar-refractivity contribution in [2.45, 2.75) is 20.3 Å². The number of hydrogen-bond donors (Lipinski definition) is 1. The van der Waals surface area contributed by atoms with Gasteiger partial charge in [0.1, 0.15) is 0 Å². The predicted octanol–water partition coefficient (Wildman–Crippen LogP) is 5.26. The lowest BCUT2D eigenvalue weighted by atomic mass is 9.98. The van der Waals surface area contributed by atoms with Crippen LogP contribution in [0.15, 0.2) is 77.6 Å². The Hall–Kier alpha value is -2.61. The van der Waals surface area contributed by atoms with Crippen molar-refractivity contribution in [3.8, 4) is 0 Å². The lowest BCUT2D eigenvalue weighted by molar-refractivity contribution is 1.33. The van der Waals surface area contributed by atoms with Gasteiger partial charge in [-0.2, -0.15) is 0 Å². The summed E-state index contributed by atoms with van der Waals surface area (Å²) >= 11 is 0. The summed E-state index contributed by atoms with van der Waals surface area (Å²) in [5.74, 6) is 0. The molecule has 0 saturated carbocycles. The van der Waals surface area contributed by atoms with Crippen molar-refractivity contribution in [3.63, 3.8) is 0 Å². The van der Waals surface area contributed by atoms with E-state index in [-0.39, 0.29) is 0 Å². The number of nitrogens with zero attached hydrogens (tertiary/aromatic N) is 1. The summed E-state index contributed by atoms with van der Waals surface area (Å²) in [6.45, 7) is 7.91. The van der Waals surface area contributed by atoms with Crippen LogP contribution in [0.5, 0.6) is 0 Å². The van der Waals surface area contributed by atoms with Crippen molar-refractivity contribution in [2.75, 3.05) is 5.32 Å². The smallest absolute Gasteiger partial charge is 0.0523 e. The molecule has 0 fully saturated rings. The van der Waals surface area contributed by atoms with Crippen LogP contribution in [0.1, 0.15) is 31.4 Å². The number of aliphatic imine (C=N–C) groups is 1. The van der Waals surface area contributed by atoms with E-state index in [2.05, 4.69) is 67.4 Å². The maximum atomic E-state index is 4.75. The van der Waals surface area contributed by atoms with Gasteiger partial charge in [-0.3, -0.25) is 4.99 Å². The first-order valence-electron chi connectivity index (χ1n) is 7.49. The van der Waals surface area contributed by atoms with E-state index in [0.717, 1.165) is 29.2 Å². The first kappa shape index (κ1) is 14.3. The van der Waals surface area contributed by atoms with Crippen LogP contribution >= 0.6 is 0 Å². The second-order valence-corrected chi connectivity index (χ2v) is 5.65. The molecule has 2 aromatic carbocycles. The van der Waals surface area contributed by atoms with Crippen molar-refractivity contribution < 1.29 is 0 Å². The van der Waals surface area contributed by atoms with Crippen LogP contribution in [0.4, 0.5) is 5.69 Å². The number of anilines is 1. The fourth-order valence-electron chi connectivity index (χ4n) is 2.71. The van der Waals surface area contributed by atoms with E-state index in [0.29, 0.717) is 0 Å². The van der Waals surface area contributed by atoms with Crippen LogP contribution in [0.2, 0.25) is 0 Å². The molecule has 0 unspecified atom stereocenters. The summed E-state index contributed by atoms with van der Waals surface area (Å²) in [4.78, 5) is 4.75. The standard InChI is InChI=1S/C20H20N2/c1-14(2)21-18-11-9-16(10-12-18)19-13-20(22-15(19)3)17-7-5-4-6-8-17/h4-12,21H,1,13H2,2-3H3. The molecule has 0 aliphatic carbocycles. The van der Waals surface area contributed by atoms with Crippen molar-refractivity contribution in [3.05, 3.63) is 83.7 Å². The third-order valence-electron chi connectivity index (χ3n) is 3.78. The van der Waals surface area contributed by atoms with Gasteiger partial charge in [0.15, 0.2) is 0 Å². The highest BCUT2D eigenvalue weighted by atomic mass is 14.9. The van der Waals surface area contributed by atoms with Crippen LogP contribution in [0.25, 0.3) is 5.57 Å². The van der Waals surface area contributed by atoms with Gasteiger partial charge >= 0.3 is 0 Å². The van der Waals surface area contributed by atoms with Gasteiger partial charge in [-0.05, 0) is 42.7 Å². The Bertz CT molecular complexity index is 750. The highest BCUT2D eigenvalue weighted by molar-refractivity contribution is 6.09. The Kier molecular flexibility index (Phi) is 3.92. The molecule has 0 aromatic heterocycles. The Labute approximate surface area is 131 Å². The second kappa shape index (κ2) is 6.02. The summed E-state index contributed by atoms with van der Waals surface area (Å²) in [6, 6.07) is 18.9. The second-order valence-electron chi connectivity index (χ2n) is 5.65. The van der Waals surface area contributed by atoms with E-state index in [4.69, 9.17) is 4.99 Å². The molecular weight excluding hydrogens is 268 g/mol. The Morgan fingerprint density at radius 3 is 2.32 bits per heavy atom. The Morgan fingerprint density at radius 2 is 1.68 bits per heavy atom. The van der Waals surface area contributed by atoms with E-state index in [9.17, 15) is 0 Å². The van der Waals surface area contributed by atoms with E-state index in [1.54, 1.807) is 0 Å². The molecule has 0 spiro atoms. The minimum absolute atomic E-state index is 0.892. The number of nitrogens with one attached hydrogen (secondary N) is 1. The maximum Gasteiger partial charge on any atom is 0.0523 e. The molecule has 0 amide bonds. The molecule has 0 saturated heterocycles. The molecule has 2 heteroatoms. The topological polar surface area (TPSA) is 24.4 Å². The fraction of sp³-hybridized carbons (Fsp3) is 0.150. The third kappa shape index (κ3) is 3.01. The highest BCUT2D eigenvalue weighted by Gasteiger charge is 2.17. The maximum absolute atomic E-state index is 4.75. The number of benzene rings is 2. The number of allylic oxidation sites excluding steroid dienone is 3. The number of rotatable bonds is 4. The molecule has 1 aliphatic rings. The van der Waals surface area contributed by atoms with Crippen LogP contribution in [0.3, 0.4) is 0 Å². The average Bonchev–Trinajstić information content (AvgIpc) is 2.90. The first-order valence-corrected chi connectivity index (χ1v) is 7.49. The predicted molar refractivity (Wildman–Crippen MR) is 95.1 cm³/mol. The number of hydrogen-bond acceptors (Lipinski definition) is 2. The van der Waals surface area contributed by atoms with Gasteiger partial charge in [-0.25, -0.2) is 0 Å². The lowest BCUT2D eigenvalue weighted by Gasteiger charge is -2.08. The van der Waals surface area contributed by atoms with Crippen LogP contribution in [-0.4, -0.2) is 5.71 Å². The summed E-state index contributed by atoms with van der Waals surface area (Å²) in [5.41, 5.74) is 8.02. The van der Waals surface area contributed by atoms with Crippen LogP contribution in [-0.2, 0) is 0 Å². The largest absolute Gasteiger partial charge is 0.360 e. The van der Waals surface area contributed by atoms with E-state index >= 15 is 0 Å². The first-order chi connectivity index (χ1) is 10.6. The molecule has 0 atom stereocenters. The van der Waals surface area contributed by atoms with Gasteiger partial charge in [0.25, 0.3) is 0 Å². The normalized spacial score (nSPS) is 14.0. The minimum Gasteiger partial charge on any atom is -0.360 e. The monoisotopic (exact) mass is 288 g/mol. The zero-order valence-electron chi connectivity index (χ0n) is 13.1. The molecule has 2 nitrogen and oxygen atoms in total. The molecular formula is C20H20N2. The summed E-state index contributed by atoms with van der Waals surface area (Å²) in [7, 11) is 0. The summed E-state index contributed by atoms with van der Waals surface area (Å²) < 4.78 is 0. The summed E-state index contributed by atoms with van der Waals surface area (Å²) in [5, 5.41) is 3.23. The van der Waals surface area contributed by atoms with Crippen molar-refractivity contribution in [2.24, 2.45) is 4.99 Å². The average molecular weight is 288 g/mol. The Balaban J connectivity index is 1.80. The molecule has 22 heavy (non-hydrogen) atoms. The van der Waals surface area contributed by atoms with Crippen LogP contribution < -0.4 is 5.32 Å². The molecule has 3 rings (SSSR count). The van der Waals surface area contributed by atoms with Gasteiger partial charge < -0.3 is 5.32 Å². The molecule has 1 aliphatic heterocycles. The SMILES string of the molecule is C=C(C)Nc1ccc(C2=C(C)N=C(c3ccccc3)C2)cc1. The molecule has 110 valence electrons. The van der Waals surface area contributed by atoms with Crippen molar-refractivity contribution in [1.29, 1.82) is 0 Å². The van der Waals surface area contributed by atoms with E-state index in [1.165, 1.54) is 16.7 Å². The van der Waals surface area contributed by atoms with E-state index in [1.807, 2.05) is 13.0 Å². The van der Waals surface area contributed by atoms with Gasteiger partial charge in [-0.15, -0.1) is 0 Å².